The SMILES string of the molecule is CC(C)n1nc(-c2ccc(Cl)nc2)c2c1-c1cc(C(=O)O)nn1CC2. The fourth-order valence-electron chi connectivity index (χ4n) is 3.20. The summed E-state index contributed by atoms with van der Waals surface area (Å²) in [5.41, 5.74) is 4.60. The number of hydrogen-bond donors (Lipinski definition) is 1. The molecule has 0 saturated carbocycles. The largest absolute Gasteiger partial charge is 0.476 e. The molecule has 0 spiro atoms. The molecule has 4 heterocycles. The molecule has 3 aromatic heterocycles. The second-order valence-electron chi connectivity index (χ2n) is 6.28. The molecule has 25 heavy (non-hydrogen) atoms. The van der Waals surface area contributed by atoms with Crippen LogP contribution >= 0.6 is 11.6 Å². The highest BCUT2D eigenvalue weighted by molar-refractivity contribution is 6.29. The van der Waals surface area contributed by atoms with E-state index in [1.54, 1.807) is 23.0 Å². The maximum atomic E-state index is 11.3. The highest BCUT2D eigenvalue weighted by Gasteiger charge is 2.29. The smallest absolute Gasteiger partial charge is 0.356 e. The number of pyridine rings is 1. The lowest BCUT2D eigenvalue weighted by atomic mass is 10.00. The van der Waals surface area contributed by atoms with Crippen molar-refractivity contribution in [2.24, 2.45) is 0 Å². The van der Waals surface area contributed by atoms with E-state index >= 15 is 0 Å². The number of carbonyl (C=O) groups is 1. The van der Waals surface area contributed by atoms with E-state index in [1.165, 1.54) is 0 Å². The van der Waals surface area contributed by atoms with Gasteiger partial charge in [-0.1, -0.05) is 11.6 Å². The third kappa shape index (κ3) is 2.51. The minimum atomic E-state index is -1.03. The summed E-state index contributed by atoms with van der Waals surface area (Å²) in [6.45, 7) is 4.71. The minimum absolute atomic E-state index is 0.0501. The van der Waals surface area contributed by atoms with Crippen molar-refractivity contribution in [3.05, 3.63) is 40.8 Å². The zero-order valence-corrected chi connectivity index (χ0v) is 14.5. The minimum Gasteiger partial charge on any atom is -0.476 e. The first-order valence-electron chi connectivity index (χ1n) is 8.00. The highest BCUT2D eigenvalue weighted by atomic mass is 35.5. The van der Waals surface area contributed by atoms with Gasteiger partial charge in [-0.3, -0.25) is 9.36 Å². The lowest BCUT2D eigenvalue weighted by molar-refractivity contribution is 0.0689. The first kappa shape index (κ1) is 15.8. The lowest BCUT2D eigenvalue weighted by Crippen LogP contribution is -2.15. The van der Waals surface area contributed by atoms with Gasteiger partial charge in [0.05, 0.1) is 17.1 Å². The van der Waals surface area contributed by atoms with Gasteiger partial charge in [0.15, 0.2) is 5.69 Å². The van der Waals surface area contributed by atoms with E-state index in [0.717, 1.165) is 34.6 Å². The van der Waals surface area contributed by atoms with Crippen LogP contribution in [0.25, 0.3) is 22.6 Å². The molecule has 1 aliphatic rings. The van der Waals surface area contributed by atoms with Gasteiger partial charge in [-0.2, -0.15) is 10.2 Å². The third-order valence-corrected chi connectivity index (χ3v) is 4.54. The number of carboxylic acid groups (broad SMARTS) is 1. The number of aromatic nitrogens is 5. The molecule has 0 unspecified atom stereocenters. The quantitative estimate of drug-likeness (QED) is 0.727. The van der Waals surface area contributed by atoms with Gasteiger partial charge in [-0.15, -0.1) is 0 Å². The molecular weight excluding hydrogens is 342 g/mol. The zero-order valence-electron chi connectivity index (χ0n) is 13.8. The Morgan fingerprint density at radius 3 is 2.76 bits per heavy atom. The average Bonchev–Trinajstić information content (AvgIpc) is 3.16. The Morgan fingerprint density at radius 1 is 1.32 bits per heavy atom. The Bertz CT molecular complexity index is 972. The summed E-state index contributed by atoms with van der Waals surface area (Å²) in [5, 5.41) is 18.7. The molecule has 0 aromatic carbocycles. The van der Waals surface area contributed by atoms with Crippen molar-refractivity contribution in [3.63, 3.8) is 0 Å². The summed E-state index contributed by atoms with van der Waals surface area (Å²) in [5.74, 6) is -1.03. The Kier molecular flexibility index (Phi) is 3.61. The fraction of sp³-hybridized carbons (Fsp3) is 0.294. The molecule has 0 aliphatic carbocycles. The zero-order chi connectivity index (χ0) is 17.7. The molecule has 7 nitrogen and oxygen atoms in total. The molecule has 4 rings (SSSR count). The molecule has 8 heteroatoms. The number of halogens is 1. The Labute approximate surface area is 148 Å². The first-order valence-corrected chi connectivity index (χ1v) is 8.38. The monoisotopic (exact) mass is 357 g/mol. The predicted molar refractivity (Wildman–Crippen MR) is 92.7 cm³/mol. The predicted octanol–water partition coefficient (Wildman–Crippen LogP) is 3.30. The molecule has 0 fully saturated rings. The van der Waals surface area contributed by atoms with Crippen LogP contribution in [0.4, 0.5) is 0 Å². The van der Waals surface area contributed by atoms with Crippen LogP contribution in [0.3, 0.4) is 0 Å². The van der Waals surface area contributed by atoms with Crippen molar-refractivity contribution in [3.8, 4) is 22.6 Å². The number of hydrogen-bond acceptors (Lipinski definition) is 4. The van der Waals surface area contributed by atoms with Crippen LogP contribution in [0.1, 0.15) is 35.9 Å². The first-order chi connectivity index (χ1) is 12.0. The molecule has 0 atom stereocenters. The van der Waals surface area contributed by atoms with Crippen LogP contribution in [0.15, 0.2) is 24.4 Å². The molecule has 128 valence electrons. The Hall–Kier alpha value is -2.67. The third-order valence-electron chi connectivity index (χ3n) is 4.31. The van der Waals surface area contributed by atoms with E-state index in [2.05, 4.69) is 10.1 Å². The number of rotatable bonds is 3. The standard InChI is InChI=1S/C17H16ClN5O2/c1-9(2)23-16-11(15(21-23)10-3-4-14(18)19-8-10)5-6-22-13(16)7-12(20-22)17(24)25/h3-4,7-9H,5-6H2,1-2H3,(H,24,25). The summed E-state index contributed by atoms with van der Waals surface area (Å²) >= 11 is 5.89. The molecular formula is C17H16ClN5O2. The van der Waals surface area contributed by atoms with E-state index < -0.39 is 5.97 Å². The van der Waals surface area contributed by atoms with Gasteiger partial charge in [0.25, 0.3) is 0 Å². The number of nitrogens with zero attached hydrogens (tertiary/aromatic N) is 5. The van der Waals surface area contributed by atoms with Crippen LogP contribution in [-0.2, 0) is 13.0 Å². The number of fused-ring (bicyclic) bond motifs is 3. The molecule has 0 amide bonds. The van der Waals surface area contributed by atoms with Crippen LogP contribution in [0.2, 0.25) is 5.15 Å². The summed E-state index contributed by atoms with van der Waals surface area (Å²) in [7, 11) is 0. The van der Waals surface area contributed by atoms with Crippen molar-refractivity contribution >= 4 is 17.6 Å². The van der Waals surface area contributed by atoms with E-state index in [9.17, 15) is 9.90 Å². The molecule has 1 N–H and O–H groups in total. The number of aryl methyl sites for hydroxylation is 1. The molecule has 0 radical (unpaired) electrons. The van der Waals surface area contributed by atoms with Gasteiger partial charge in [0.1, 0.15) is 5.15 Å². The summed E-state index contributed by atoms with van der Waals surface area (Å²) < 4.78 is 3.67. The summed E-state index contributed by atoms with van der Waals surface area (Å²) in [4.78, 5) is 15.4. The molecule has 1 aliphatic heterocycles. The maximum Gasteiger partial charge on any atom is 0.356 e. The van der Waals surface area contributed by atoms with Gasteiger partial charge in [-0.25, -0.2) is 9.78 Å². The van der Waals surface area contributed by atoms with Gasteiger partial charge in [0, 0.05) is 36.0 Å². The van der Waals surface area contributed by atoms with E-state index in [-0.39, 0.29) is 11.7 Å². The topological polar surface area (TPSA) is 85.8 Å². The highest BCUT2D eigenvalue weighted by Crippen LogP contribution is 2.37. The van der Waals surface area contributed by atoms with Crippen molar-refractivity contribution in [1.29, 1.82) is 0 Å². The molecule has 3 aromatic rings. The average molecular weight is 358 g/mol. The van der Waals surface area contributed by atoms with Crippen LogP contribution in [0, 0.1) is 0 Å². The van der Waals surface area contributed by atoms with Crippen molar-refractivity contribution in [2.75, 3.05) is 0 Å². The Morgan fingerprint density at radius 2 is 2.12 bits per heavy atom. The van der Waals surface area contributed by atoms with Gasteiger partial charge in [0.2, 0.25) is 0 Å². The Balaban J connectivity index is 1.94. The van der Waals surface area contributed by atoms with Crippen molar-refractivity contribution in [2.45, 2.75) is 32.9 Å². The second-order valence-corrected chi connectivity index (χ2v) is 6.66. The van der Waals surface area contributed by atoms with E-state index in [0.29, 0.717) is 11.7 Å². The van der Waals surface area contributed by atoms with Crippen molar-refractivity contribution < 1.29 is 9.90 Å². The maximum absolute atomic E-state index is 11.3. The van der Waals surface area contributed by atoms with E-state index in [4.69, 9.17) is 16.7 Å². The normalized spacial score (nSPS) is 13.0. The van der Waals surface area contributed by atoms with Gasteiger partial charge < -0.3 is 5.11 Å². The summed E-state index contributed by atoms with van der Waals surface area (Å²) in [6.07, 6.45) is 2.44. The van der Waals surface area contributed by atoms with Crippen LogP contribution in [-0.4, -0.2) is 35.6 Å². The number of aromatic carboxylic acids is 1. The van der Waals surface area contributed by atoms with Gasteiger partial charge >= 0.3 is 5.97 Å². The fourth-order valence-corrected chi connectivity index (χ4v) is 3.31. The molecule has 0 bridgehead atoms. The lowest BCUT2D eigenvalue weighted by Gasteiger charge is -2.18. The second kappa shape index (κ2) is 5.70. The molecule has 0 saturated heterocycles. The van der Waals surface area contributed by atoms with Crippen LogP contribution in [0.5, 0.6) is 0 Å². The van der Waals surface area contributed by atoms with Crippen LogP contribution < -0.4 is 0 Å². The van der Waals surface area contributed by atoms with Crippen molar-refractivity contribution in [1.82, 2.24) is 24.5 Å². The van der Waals surface area contributed by atoms with Gasteiger partial charge in [-0.05, 0) is 32.4 Å². The number of carboxylic acids is 1. The van der Waals surface area contributed by atoms with E-state index in [1.807, 2.05) is 24.6 Å². The summed E-state index contributed by atoms with van der Waals surface area (Å²) in [6, 6.07) is 5.38.